The van der Waals surface area contributed by atoms with Gasteiger partial charge in [-0.15, -0.1) is 0 Å². The minimum absolute atomic E-state index is 0.0120. The topological polar surface area (TPSA) is 72.9 Å². The minimum atomic E-state index is -4.48. The van der Waals surface area contributed by atoms with Gasteiger partial charge in [0.15, 0.2) is 0 Å². The summed E-state index contributed by atoms with van der Waals surface area (Å²) in [4.78, 5) is 26.9. The summed E-state index contributed by atoms with van der Waals surface area (Å²) in [6, 6.07) is 4.16. The number of benzene rings is 1. The van der Waals surface area contributed by atoms with Crippen molar-refractivity contribution in [2.45, 2.75) is 31.5 Å². The molecule has 1 aromatic carbocycles. The van der Waals surface area contributed by atoms with Gasteiger partial charge in [-0.05, 0) is 51.1 Å². The number of hydrogen-bond acceptors (Lipinski definition) is 3. The summed E-state index contributed by atoms with van der Waals surface area (Å²) in [6.07, 6.45) is -3.36. The molecule has 0 bridgehead atoms. The van der Waals surface area contributed by atoms with Gasteiger partial charge >= 0.3 is 18.2 Å². The Kier molecular flexibility index (Phi) is 6.69. The van der Waals surface area contributed by atoms with Crippen molar-refractivity contribution in [1.29, 1.82) is 0 Å². The molecule has 2 atom stereocenters. The van der Waals surface area contributed by atoms with E-state index in [1.807, 2.05) is 19.0 Å². The molecule has 1 saturated heterocycles. The molecular formula is C18H24F3N3O3. The summed E-state index contributed by atoms with van der Waals surface area (Å²) in [5.41, 5.74) is -0.752. The van der Waals surface area contributed by atoms with E-state index in [0.29, 0.717) is 25.9 Å². The second-order valence-electron chi connectivity index (χ2n) is 6.97. The first-order valence-electron chi connectivity index (χ1n) is 8.69. The number of hydrogen-bond donors (Lipinski definition) is 2. The van der Waals surface area contributed by atoms with Crippen LogP contribution in [-0.2, 0) is 11.0 Å². The second-order valence-corrected chi connectivity index (χ2v) is 6.97. The Bertz CT molecular complexity index is 679. The number of carboxylic acid groups (broad SMARTS) is 1. The zero-order valence-electron chi connectivity index (χ0n) is 15.3. The van der Waals surface area contributed by atoms with Gasteiger partial charge in [0.1, 0.15) is 0 Å². The van der Waals surface area contributed by atoms with Crippen molar-refractivity contribution in [2.24, 2.45) is 5.92 Å². The lowest BCUT2D eigenvalue weighted by atomic mass is 9.87. The smallest absolute Gasteiger partial charge is 0.416 e. The lowest BCUT2D eigenvalue weighted by Crippen LogP contribution is -2.51. The molecule has 150 valence electrons. The van der Waals surface area contributed by atoms with Crippen molar-refractivity contribution in [3.05, 3.63) is 29.8 Å². The van der Waals surface area contributed by atoms with Crippen LogP contribution in [0.15, 0.2) is 24.3 Å². The van der Waals surface area contributed by atoms with Gasteiger partial charge in [-0.1, -0.05) is 6.07 Å². The highest BCUT2D eigenvalue weighted by atomic mass is 19.4. The summed E-state index contributed by atoms with van der Waals surface area (Å²) in [5.74, 6) is -0.907. The van der Waals surface area contributed by atoms with Crippen LogP contribution < -0.4 is 5.32 Å². The molecule has 0 saturated carbocycles. The van der Waals surface area contributed by atoms with Crippen LogP contribution in [0, 0.1) is 5.92 Å². The van der Waals surface area contributed by atoms with Gasteiger partial charge < -0.3 is 20.2 Å². The van der Waals surface area contributed by atoms with E-state index in [1.165, 1.54) is 17.0 Å². The van der Waals surface area contributed by atoms with Gasteiger partial charge in [0, 0.05) is 31.2 Å². The zero-order chi connectivity index (χ0) is 20.2. The Morgan fingerprint density at radius 1 is 1.33 bits per heavy atom. The number of halogens is 3. The third kappa shape index (κ3) is 5.85. The van der Waals surface area contributed by atoms with Crippen LogP contribution in [0.25, 0.3) is 0 Å². The fourth-order valence-corrected chi connectivity index (χ4v) is 3.45. The van der Waals surface area contributed by atoms with Gasteiger partial charge in [-0.3, -0.25) is 4.79 Å². The number of nitrogens with one attached hydrogen (secondary N) is 1. The number of likely N-dealkylation sites (tertiary alicyclic amines) is 1. The molecule has 2 N–H and O–H groups in total. The number of rotatable bonds is 5. The van der Waals surface area contributed by atoms with Gasteiger partial charge in [-0.25, -0.2) is 4.79 Å². The first kappa shape index (κ1) is 21.0. The van der Waals surface area contributed by atoms with Crippen molar-refractivity contribution < 1.29 is 27.9 Å². The molecule has 1 aliphatic rings. The summed E-state index contributed by atoms with van der Waals surface area (Å²) < 4.78 is 38.4. The SMILES string of the molecule is CN(C)[C@@H]1CCN(C(=O)Nc2cccc(C(F)(F)F)c2)C[C@@H]1CCC(=O)O. The van der Waals surface area contributed by atoms with E-state index >= 15 is 0 Å². The maximum Gasteiger partial charge on any atom is 0.416 e. The number of anilines is 1. The van der Waals surface area contributed by atoms with Crippen LogP contribution in [0.3, 0.4) is 0 Å². The van der Waals surface area contributed by atoms with Gasteiger partial charge in [0.25, 0.3) is 0 Å². The largest absolute Gasteiger partial charge is 0.481 e. The van der Waals surface area contributed by atoms with Crippen LogP contribution in [0.4, 0.5) is 23.7 Å². The molecule has 9 heteroatoms. The van der Waals surface area contributed by atoms with Crippen LogP contribution in [-0.4, -0.2) is 60.1 Å². The third-order valence-corrected chi connectivity index (χ3v) is 4.81. The van der Waals surface area contributed by atoms with Gasteiger partial charge in [0.2, 0.25) is 0 Å². The van der Waals surface area contributed by atoms with Crippen LogP contribution in [0.1, 0.15) is 24.8 Å². The van der Waals surface area contributed by atoms with Crippen molar-refractivity contribution >= 4 is 17.7 Å². The van der Waals surface area contributed by atoms with E-state index in [4.69, 9.17) is 5.11 Å². The number of alkyl halides is 3. The van der Waals surface area contributed by atoms with Crippen LogP contribution in [0.2, 0.25) is 0 Å². The maximum absolute atomic E-state index is 12.8. The second kappa shape index (κ2) is 8.60. The van der Waals surface area contributed by atoms with Crippen molar-refractivity contribution in [2.75, 3.05) is 32.5 Å². The summed E-state index contributed by atoms with van der Waals surface area (Å²) in [7, 11) is 3.83. The highest BCUT2D eigenvalue weighted by Crippen LogP contribution is 2.31. The Morgan fingerprint density at radius 3 is 2.63 bits per heavy atom. The number of piperidine rings is 1. The Labute approximate surface area is 155 Å². The van der Waals surface area contributed by atoms with Crippen molar-refractivity contribution in [3.8, 4) is 0 Å². The predicted octanol–water partition coefficient (Wildman–Crippen LogP) is 3.35. The highest BCUT2D eigenvalue weighted by molar-refractivity contribution is 5.89. The number of urea groups is 1. The molecule has 6 nitrogen and oxygen atoms in total. The van der Waals surface area contributed by atoms with E-state index in [2.05, 4.69) is 5.32 Å². The molecule has 0 unspecified atom stereocenters. The molecule has 2 rings (SSSR count). The van der Waals surface area contributed by atoms with E-state index in [-0.39, 0.29) is 24.1 Å². The van der Waals surface area contributed by atoms with E-state index < -0.39 is 23.7 Å². The Balaban J connectivity index is 2.05. The minimum Gasteiger partial charge on any atom is -0.481 e. The van der Waals surface area contributed by atoms with Crippen LogP contribution >= 0.6 is 0 Å². The van der Waals surface area contributed by atoms with Crippen molar-refractivity contribution in [1.82, 2.24) is 9.80 Å². The predicted molar refractivity (Wildman–Crippen MR) is 94.5 cm³/mol. The number of carbonyl (C=O) groups excluding carboxylic acids is 1. The normalized spacial score (nSPS) is 20.6. The molecule has 0 aromatic heterocycles. The zero-order valence-corrected chi connectivity index (χ0v) is 15.3. The van der Waals surface area contributed by atoms with E-state index in [1.54, 1.807) is 0 Å². The molecule has 1 fully saturated rings. The maximum atomic E-state index is 12.8. The van der Waals surface area contributed by atoms with Crippen molar-refractivity contribution in [3.63, 3.8) is 0 Å². The van der Waals surface area contributed by atoms with Crippen LogP contribution in [0.5, 0.6) is 0 Å². The molecule has 0 aliphatic carbocycles. The highest BCUT2D eigenvalue weighted by Gasteiger charge is 2.33. The average Bonchev–Trinajstić information content (AvgIpc) is 2.59. The first-order chi connectivity index (χ1) is 12.6. The van der Waals surface area contributed by atoms with E-state index in [9.17, 15) is 22.8 Å². The number of carboxylic acids is 1. The number of amides is 2. The fraction of sp³-hybridized carbons (Fsp3) is 0.556. The molecule has 1 heterocycles. The van der Waals surface area contributed by atoms with E-state index in [0.717, 1.165) is 12.1 Å². The number of aliphatic carboxylic acids is 1. The Hall–Kier alpha value is -2.29. The monoisotopic (exact) mass is 387 g/mol. The molecule has 27 heavy (non-hydrogen) atoms. The lowest BCUT2D eigenvalue weighted by molar-refractivity contribution is -0.138. The number of nitrogens with zero attached hydrogens (tertiary/aromatic N) is 2. The molecule has 1 aromatic rings. The van der Waals surface area contributed by atoms with Gasteiger partial charge in [0.05, 0.1) is 5.56 Å². The quantitative estimate of drug-likeness (QED) is 0.813. The van der Waals surface area contributed by atoms with Gasteiger partial charge in [-0.2, -0.15) is 13.2 Å². The molecule has 1 aliphatic heterocycles. The standard InChI is InChI=1S/C18H24F3N3O3/c1-23(2)15-8-9-24(11-12(15)6-7-16(25)26)17(27)22-14-5-3-4-13(10-14)18(19,20)21/h3-5,10,12,15H,6-9,11H2,1-2H3,(H,22,27)(H,25,26)/t12-,15+/m0/s1. The number of carbonyl (C=O) groups is 2. The summed E-state index contributed by atoms with van der Waals surface area (Å²) in [6.45, 7) is 0.818. The Morgan fingerprint density at radius 2 is 2.04 bits per heavy atom. The lowest BCUT2D eigenvalue weighted by Gasteiger charge is -2.41. The molecule has 0 radical (unpaired) electrons. The molecule has 2 amide bonds. The third-order valence-electron chi connectivity index (χ3n) is 4.81. The average molecular weight is 387 g/mol. The first-order valence-corrected chi connectivity index (χ1v) is 8.69. The summed E-state index contributed by atoms with van der Waals surface area (Å²) >= 11 is 0. The molecule has 0 spiro atoms. The summed E-state index contributed by atoms with van der Waals surface area (Å²) in [5, 5.41) is 11.4. The molecular weight excluding hydrogens is 363 g/mol. The fourth-order valence-electron chi connectivity index (χ4n) is 3.45.